The molecule has 5 heterocycles. The molecule has 9 rings (SSSR count). The molecule has 282 valence electrons. The summed E-state index contributed by atoms with van der Waals surface area (Å²) in [6.07, 6.45) is 0. The van der Waals surface area contributed by atoms with Gasteiger partial charge in [-0.15, -0.1) is 0 Å². The normalized spacial score (nSPS) is 12.1. The second-order valence-corrected chi connectivity index (χ2v) is 17.6. The third-order valence-corrected chi connectivity index (χ3v) is 15.8. The van der Waals surface area contributed by atoms with Gasteiger partial charge in [-0.05, 0) is 0 Å². The van der Waals surface area contributed by atoms with E-state index in [-0.39, 0.29) is 190 Å². The zero-order valence-electron chi connectivity index (χ0n) is 26.3. The largest absolute Gasteiger partial charge is 2.00 e. The van der Waals surface area contributed by atoms with Crippen LogP contribution in [0.1, 0.15) is 0 Å². The predicted octanol–water partition coefficient (Wildman–Crippen LogP) is 16.6. The van der Waals surface area contributed by atoms with Crippen molar-refractivity contribution in [3.63, 3.8) is 0 Å². The molecule has 3 aromatic heterocycles. The zero-order valence-corrected chi connectivity index (χ0v) is 41.4. The molecule has 0 N–H and O–H groups in total. The average Bonchev–Trinajstić information content (AvgIpc) is 3.92. The van der Waals surface area contributed by atoms with Gasteiger partial charge in [0.05, 0.1) is 104 Å². The van der Waals surface area contributed by atoms with Crippen molar-refractivity contribution >= 4 is 230 Å². The standard InChI is InChI=1S/C32Cl16N8.Zn/c33-9-1-2(10(34)18(42)17(9)41)26-49-25(1)53-27-3-4(12(36)20(44)19(43)11(3)35)29(50-27)55-31-7-8(16(40)24(48)23(47)15(7)39)32(52-31)56-30-6-5(28(51-30)54-26)13(37)21(45)22(46)14(6)38;/q-2;+2. The molecule has 2 aliphatic rings. The molecule has 8 bridgehead atoms. The van der Waals surface area contributed by atoms with Gasteiger partial charge in [-0.1, -0.05) is 186 Å². The molecular formula is C32Cl16N8Zn. The second-order valence-electron chi connectivity index (χ2n) is 11.5. The summed E-state index contributed by atoms with van der Waals surface area (Å²) in [5.74, 6) is -0.437. The zero-order chi connectivity index (χ0) is 40.1. The third-order valence-electron chi connectivity index (χ3n) is 8.55. The van der Waals surface area contributed by atoms with E-state index in [4.69, 9.17) is 206 Å². The summed E-state index contributed by atoms with van der Waals surface area (Å²) < 4.78 is 0. The second kappa shape index (κ2) is 15.4. The average molecular weight is 1130 g/mol. The van der Waals surface area contributed by atoms with Gasteiger partial charge in [0.25, 0.3) is 0 Å². The molecule has 7 aromatic rings. The molecule has 25 heteroatoms. The molecule has 0 fully saturated rings. The van der Waals surface area contributed by atoms with Gasteiger partial charge in [-0.25, -0.2) is 9.97 Å². The van der Waals surface area contributed by atoms with Crippen molar-refractivity contribution < 1.29 is 19.5 Å². The van der Waals surface area contributed by atoms with E-state index >= 15 is 0 Å². The quantitative estimate of drug-likeness (QED) is 0.0840. The number of rotatable bonds is 0. The fourth-order valence-corrected chi connectivity index (χ4v) is 10.2. The molecule has 0 amide bonds. The summed E-state index contributed by atoms with van der Waals surface area (Å²) in [7, 11) is 0. The number of hydrogen-bond donors (Lipinski definition) is 0. The van der Waals surface area contributed by atoms with Crippen LogP contribution in [0.5, 0.6) is 0 Å². The van der Waals surface area contributed by atoms with Gasteiger partial charge >= 0.3 is 19.5 Å². The van der Waals surface area contributed by atoms with Crippen molar-refractivity contribution in [2.75, 3.05) is 0 Å². The Hall–Kier alpha value is -0.497. The number of fused-ring (bicyclic) bond motifs is 20. The van der Waals surface area contributed by atoms with Crippen LogP contribution in [-0.2, 0) is 19.5 Å². The summed E-state index contributed by atoms with van der Waals surface area (Å²) in [5, 5.41) is -1.06. The minimum atomic E-state index is -0.109. The first-order valence-electron chi connectivity index (χ1n) is 14.6. The van der Waals surface area contributed by atoms with Crippen LogP contribution < -0.4 is 9.97 Å². The SMILES string of the molecule is Clc1c(Cl)c(Cl)c2c(c1Cl)-c1nc-2nc2[n-]c(nc3nc(nc4[n-]c(n1)c1c(Cl)c(Cl)c(Cl)c(Cl)c41)-c1c(Cl)c(Cl)c(Cl)c(Cl)c1-3)c1c(Cl)c(Cl)c(Cl)c(Cl)c21.[Zn+2]. The van der Waals surface area contributed by atoms with Gasteiger partial charge in [0.15, 0.2) is 0 Å². The minimum Gasteiger partial charge on any atom is -0.357 e. The minimum absolute atomic E-state index is 0. The molecule has 2 aliphatic heterocycles. The molecule has 0 aliphatic carbocycles. The Kier molecular flexibility index (Phi) is 11.7. The molecule has 0 saturated carbocycles. The molecule has 8 nitrogen and oxygen atoms in total. The topological polar surface area (TPSA) is 106 Å². The molecule has 0 unspecified atom stereocenters. The van der Waals surface area contributed by atoms with Gasteiger partial charge in [0.1, 0.15) is 0 Å². The maximum absolute atomic E-state index is 6.82. The van der Waals surface area contributed by atoms with Crippen LogP contribution in [0.15, 0.2) is 0 Å². The number of hydrogen-bond acceptors (Lipinski definition) is 6. The van der Waals surface area contributed by atoms with Crippen molar-refractivity contribution in [1.29, 1.82) is 0 Å². The maximum atomic E-state index is 6.82. The van der Waals surface area contributed by atoms with Crippen LogP contribution in [0.3, 0.4) is 0 Å². The first kappa shape index (κ1) is 43.2. The van der Waals surface area contributed by atoms with Crippen LogP contribution in [0.2, 0.25) is 80.4 Å². The van der Waals surface area contributed by atoms with E-state index in [0.29, 0.717) is 0 Å². The van der Waals surface area contributed by atoms with Crippen molar-refractivity contribution in [2.24, 2.45) is 0 Å². The molecule has 0 atom stereocenters. The first-order valence-corrected chi connectivity index (χ1v) is 20.6. The fraction of sp³-hybridized carbons (Fsp3) is 0. The monoisotopic (exact) mass is 1120 g/mol. The van der Waals surface area contributed by atoms with E-state index in [1.807, 2.05) is 0 Å². The molecule has 0 saturated heterocycles. The van der Waals surface area contributed by atoms with Crippen LogP contribution in [0.25, 0.3) is 89.7 Å². The van der Waals surface area contributed by atoms with E-state index in [2.05, 4.69) is 19.9 Å². The molecular weight excluding hydrogens is 1130 g/mol. The molecule has 4 aromatic carbocycles. The van der Waals surface area contributed by atoms with E-state index in [9.17, 15) is 0 Å². The van der Waals surface area contributed by atoms with Crippen LogP contribution >= 0.6 is 186 Å². The van der Waals surface area contributed by atoms with Crippen molar-refractivity contribution in [3.8, 4) is 45.6 Å². The number of benzene rings is 4. The number of halogens is 16. The Balaban J connectivity index is 0.00000455. The molecule has 0 radical (unpaired) electrons. The molecule has 0 spiro atoms. The van der Waals surface area contributed by atoms with Gasteiger partial charge < -0.3 is 29.9 Å². The van der Waals surface area contributed by atoms with E-state index in [1.54, 1.807) is 0 Å². The maximum Gasteiger partial charge on any atom is 2.00 e. The van der Waals surface area contributed by atoms with Gasteiger partial charge in [-0.2, -0.15) is 0 Å². The number of nitrogens with zero attached hydrogens (tertiary/aromatic N) is 8. The van der Waals surface area contributed by atoms with Crippen LogP contribution in [-0.4, -0.2) is 29.9 Å². The Labute approximate surface area is 410 Å². The summed E-state index contributed by atoms with van der Waals surface area (Å²) >= 11 is 107. The summed E-state index contributed by atoms with van der Waals surface area (Å²) in [4.78, 5) is 37.7. The Bertz CT molecular complexity index is 2820. The summed E-state index contributed by atoms with van der Waals surface area (Å²) in [5.41, 5.74) is -0.000693. The van der Waals surface area contributed by atoms with Gasteiger partial charge in [-0.3, -0.25) is 0 Å². The van der Waals surface area contributed by atoms with Crippen LogP contribution in [0, 0.1) is 0 Å². The van der Waals surface area contributed by atoms with Crippen LogP contribution in [0.4, 0.5) is 0 Å². The predicted molar refractivity (Wildman–Crippen MR) is 234 cm³/mol. The van der Waals surface area contributed by atoms with Gasteiger partial charge in [0, 0.05) is 66.4 Å². The van der Waals surface area contributed by atoms with E-state index in [0.717, 1.165) is 0 Å². The first-order chi connectivity index (χ1) is 26.4. The Morgan fingerprint density at radius 3 is 0.596 bits per heavy atom. The van der Waals surface area contributed by atoms with E-state index < -0.39 is 0 Å². The summed E-state index contributed by atoms with van der Waals surface area (Å²) in [6.45, 7) is 0. The van der Waals surface area contributed by atoms with Gasteiger partial charge in [0.2, 0.25) is 0 Å². The van der Waals surface area contributed by atoms with Crippen molar-refractivity contribution in [2.45, 2.75) is 0 Å². The van der Waals surface area contributed by atoms with Crippen molar-refractivity contribution in [1.82, 2.24) is 39.9 Å². The summed E-state index contributed by atoms with van der Waals surface area (Å²) in [6, 6.07) is 0. The van der Waals surface area contributed by atoms with Crippen molar-refractivity contribution in [3.05, 3.63) is 80.4 Å². The Morgan fingerprint density at radius 2 is 0.404 bits per heavy atom. The number of aromatic nitrogens is 8. The van der Waals surface area contributed by atoms with E-state index in [1.165, 1.54) is 0 Å². The smallest absolute Gasteiger partial charge is 0.357 e. The third kappa shape index (κ3) is 6.25. The fourth-order valence-electron chi connectivity index (χ4n) is 6.10. The molecule has 57 heavy (non-hydrogen) atoms. The Morgan fingerprint density at radius 1 is 0.228 bits per heavy atom.